The Morgan fingerprint density at radius 3 is 2.96 bits per heavy atom. The van der Waals surface area contributed by atoms with Crippen LogP contribution in [0.1, 0.15) is 25.6 Å². The molecule has 3 rings (SSSR count). The van der Waals surface area contributed by atoms with Crippen LogP contribution in [0.5, 0.6) is 0 Å². The fourth-order valence-electron chi connectivity index (χ4n) is 2.87. The normalized spacial score (nSPS) is 17.8. The number of pyridine rings is 1. The number of aromatic amines is 1. The molecule has 0 aromatic carbocycles. The summed E-state index contributed by atoms with van der Waals surface area (Å²) in [4.78, 5) is 22.6. The van der Waals surface area contributed by atoms with E-state index in [1.807, 2.05) is 12.1 Å². The maximum atomic E-state index is 11.8. The van der Waals surface area contributed by atoms with Gasteiger partial charge in [-0.05, 0) is 38.4 Å². The predicted octanol–water partition coefficient (Wildman–Crippen LogP) is 1.15. The molecular weight excluding hydrogens is 306 g/mol. The van der Waals surface area contributed by atoms with Crippen LogP contribution in [0.4, 0.5) is 4.79 Å². The lowest BCUT2D eigenvalue weighted by molar-refractivity contribution is 0.233. The highest BCUT2D eigenvalue weighted by molar-refractivity contribution is 5.73. The van der Waals surface area contributed by atoms with E-state index in [0.717, 1.165) is 18.7 Å². The minimum Gasteiger partial charge on any atom is -0.337 e. The second-order valence-corrected chi connectivity index (χ2v) is 5.98. The van der Waals surface area contributed by atoms with E-state index < -0.39 is 0 Å². The number of likely N-dealkylation sites (tertiary alicyclic amines) is 1. The fourth-order valence-corrected chi connectivity index (χ4v) is 2.87. The number of rotatable bonds is 6. The molecule has 1 fully saturated rings. The molecule has 0 radical (unpaired) electrons. The monoisotopic (exact) mass is 329 g/mol. The average molecular weight is 329 g/mol. The van der Waals surface area contributed by atoms with Crippen molar-refractivity contribution in [3.8, 4) is 11.4 Å². The van der Waals surface area contributed by atoms with E-state index in [0.29, 0.717) is 30.8 Å². The van der Waals surface area contributed by atoms with Gasteiger partial charge in [0.15, 0.2) is 5.82 Å². The second-order valence-electron chi connectivity index (χ2n) is 5.98. The van der Waals surface area contributed by atoms with Crippen molar-refractivity contribution in [1.29, 1.82) is 0 Å². The number of nitrogens with zero attached hydrogens (tertiary/aromatic N) is 4. The smallest absolute Gasteiger partial charge is 0.315 e. The Kier molecular flexibility index (Phi) is 5.37. The molecule has 2 aromatic rings. The van der Waals surface area contributed by atoms with E-state index in [9.17, 15) is 4.79 Å². The molecular formula is C16H23N7O. The van der Waals surface area contributed by atoms with E-state index in [1.165, 1.54) is 12.8 Å². The lowest BCUT2D eigenvalue weighted by atomic mass is 10.2. The number of hydrogen-bond acceptors (Lipinski definition) is 5. The molecule has 1 atom stereocenters. The highest BCUT2D eigenvalue weighted by Crippen LogP contribution is 2.15. The van der Waals surface area contributed by atoms with Crippen molar-refractivity contribution in [3.63, 3.8) is 0 Å². The molecule has 3 N–H and O–H groups in total. The summed E-state index contributed by atoms with van der Waals surface area (Å²) in [5, 5.41) is 12.6. The van der Waals surface area contributed by atoms with Gasteiger partial charge in [-0.1, -0.05) is 0 Å². The second kappa shape index (κ2) is 7.87. The first kappa shape index (κ1) is 16.4. The average Bonchev–Trinajstić information content (AvgIpc) is 3.23. The summed E-state index contributed by atoms with van der Waals surface area (Å²) < 4.78 is 0. The van der Waals surface area contributed by atoms with Gasteiger partial charge in [0, 0.05) is 37.1 Å². The van der Waals surface area contributed by atoms with Crippen molar-refractivity contribution in [2.75, 3.05) is 19.6 Å². The molecule has 1 unspecified atom stereocenters. The van der Waals surface area contributed by atoms with Gasteiger partial charge in [0.1, 0.15) is 5.82 Å². The van der Waals surface area contributed by atoms with E-state index in [4.69, 9.17) is 0 Å². The fraction of sp³-hybridized carbons (Fsp3) is 0.500. The van der Waals surface area contributed by atoms with Gasteiger partial charge in [-0.15, -0.1) is 0 Å². The van der Waals surface area contributed by atoms with Crippen molar-refractivity contribution in [2.24, 2.45) is 0 Å². The van der Waals surface area contributed by atoms with Crippen LogP contribution in [0.25, 0.3) is 11.4 Å². The first-order valence-corrected chi connectivity index (χ1v) is 8.30. The topological polar surface area (TPSA) is 98.8 Å². The van der Waals surface area contributed by atoms with Gasteiger partial charge in [0.2, 0.25) is 0 Å². The molecule has 2 amide bonds. The highest BCUT2D eigenvalue weighted by Gasteiger charge is 2.19. The van der Waals surface area contributed by atoms with Gasteiger partial charge in [-0.25, -0.2) is 9.78 Å². The molecule has 24 heavy (non-hydrogen) atoms. The Balaban J connectivity index is 1.39. The molecule has 1 aliphatic heterocycles. The Bertz CT molecular complexity index is 657. The zero-order chi connectivity index (χ0) is 16.8. The molecule has 0 spiro atoms. The van der Waals surface area contributed by atoms with E-state index >= 15 is 0 Å². The van der Waals surface area contributed by atoms with E-state index in [1.54, 1.807) is 12.4 Å². The molecule has 0 saturated carbocycles. The predicted molar refractivity (Wildman–Crippen MR) is 90.1 cm³/mol. The number of urea groups is 1. The third-order valence-corrected chi connectivity index (χ3v) is 4.26. The molecule has 1 saturated heterocycles. The lowest BCUT2D eigenvalue weighted by Gasteiger charge is -2.20. The molecule has 128 valence electrons. The summed E-state index contributed by atoms with van der Waals surface area (Å²) in [5.74, 6) is 1.21. The summed E-state index contributed by atoms with van der Waals surface area (Å²) in [7, 11) is 0. The van der Waals surface area contributed by atoms with Crippen LogP contribution in [-0.4, -0.2) is 56.8 Å². The van der Waals surface area contributed by atoms with Gasteiger partial charge >= 0.3 is 6.03 Å². The number of H-pyrrole nitrogens is 1. The quantitative estimate of drug-likeness (QED) is 0.738. The number of aromatic nitrogens is 4. The Labute approximate surface area is 141 Å². The van der Waals surface area contributed by atoms with Gasteiger partial charge in [-0.3, -0.25) is 15.0 Å². The Morgan fingerprint density at radius 2 is 2.21 bits per heavy atom. The number of carbonyl (C=O) groups excluding carboxylic acids is 1. The summed E-state index contributed by atoms with van der Waals surface area (Å²) in [6, 6.07) is 4.11. The van der Waals surface area contributed by atoms with Crippen molar-refractivity contribution < 1.29 is 4.79 Å². The first-order valence-electron chi connectivity index (χ1n) is 8.30. The zero-order valence-corrected chi connectivity index (χ0v) is 13.8. The third kappa shape index (κ3) is 4.29. The van der Waals surface area contributed by atoms with E-state index in [2.05, 4.69) is 42.6 Å². The minimum atomic E-state index is -0.191. The minimum absolute atomic E-state index is 0.191. The third-order valence-electron chi connectivity index (χ3n) is 4.26. The summed E-state index contributed by atoms with van der Waals surface area (Å²) in [6.45, 7) is 5.21. The summed E-state index contributed by atoms with van der Waals surface area (Å²) in [6.07, 6.45) is 5.88. The largest absolute Gasteiger partial charge is 0.337 e. The van der Waals surface area contributed by atoms with Crippen molar-refractivity contribution in [1.82, 2.24) is 35.7 Å². The Morgan fingerprint density at radius 1 is 1.38 bits per heavy atom. The van der Waals surface area contributed by atoms with Crippen molar-refractivity contribution in [2.45, 2.75) is 32.4 Å². The van der Waals surface area contributed by atoms with Gasteiger partial charge in [0.25, 0.3) is 0 Å². The van der Waals surface area contributed by atoms with Crippen molar-refractivity contribution >= 4 is 6.03 Å². The van der Waals surface area contributed by atoms with Crippen LogP contribution in [0.3, 0.4) is 0 Å². The summed E-state index contributed by atoms with van der Waals surface area (Å²) in [5.41, 5.74) is 0.886. The molecule has 2 aromatic heterocycles. The Hall–Kier alpha value is -2.48. The van der Waals surface area contributed by atoms with Crippen LogP contribution in [0.2, 0.25) is 0 Å². The SMILES string of the molecule is CC1CCCN1CCNC(=O)NCc1nc(-c2ccncc2)n[nH]1. The van der Waals surface area contributed by atoms with Crippen LogP contribution >= 0.6 is 0 Å². The molecule has 1 aliphatic rings. The number of carbonyl (C=O) groups is 1. The zero-order valence-electron chi connectivity index (χ0n) is 13.8. The van der Waals surface area contributed by atoms with Crippen LogP contribution < -0.4 is 10.6 Å². The van der Waals surface area contributed by atoms with Gasteiger partial charge in [-0.2, -0.15) is 5.10 Å². The van der Waals surface area contributed by atoms with Gasteiger partial charge in [0.05, 0.1) is 6.54 Å². The highest BCUT2D eigenvalue weighted by atomic mass is 16.2. The standard InChI is InChI=1S/C16H23N7O/c1-12-3-2-9-23(12)10-8-18-16(24)19-11-14-20-15(22-21-14)13-4-6-17-7-5-13/h4-7,12H,2-3,8-11H2,1H3,(H2,18,19,24)(H,20,21,22). The number of hydrogen-bond donors (Lipinski definition) is 3. The van der Waals surface area contributed by atoms with Crippen molar-refractivity contribution in [3.05, 3.63) is 30.4 Å². The molecule has 0 bridgehead atoms. The molecule has 8 nitrogen and oxygen atoms in total. The van der Waals surface area contributed by atoms with Crippen LogP contribution in [0.15, 0.2) is 24.5 Å². The number of nitrogens with one attached hydrogen (secondary N) is 3. The maximum Gasteiger partial charge on any atom is 0.315 e. The number of amides is 2. The van der Waals surface area contributed by atoms with Gasteiger partial charge < -0.3 is 10.6 Å². The molecule has 8 heteroatoms. The van der Waals surface area contributed by atoms with Crippen LogP contribution in [0, 0.1) is 0 Å². The van der Waals surface area contributed by atoms with Crippen LogP contribution in [-0.2, 0) is 6.54 Å². The summed E-state index contributed by atoms with van der Waals surface area (Å²) >= 11 is 0. The lowest BCUT2D eigenvalue weighted by Crippen LogP contribution is -2.41. The molecule has 0 aliphatic carbocycles. The first-order chi connectivity index (χ1) is 11.7. The molecule has 3 heterocycles. The van der Waals surface area contributed by atoms with E-state index in [-0.39, 0.29) is 6.03 Å². The maximum absolute atomic E-state index is 11.8.